The molecule has 0 bridgehead atoms. The van der Waals surface area contributed by atoms with Crippen LogP contribution in [0.5, 0.6) is 0 Å². The minimum absolute atomic E-state index is 0.0334. The van der Waals surface area contributed by atoms with Crippen LogP contribution < -0.4 is 5.43 Å². The summed E-state index contributed by atoms with van der Waals surface area (Å²) in [7, 11) is 0. The fraction of sp³-hybridized carbons (Fsp3) is 0. The van der Waals surface area contributed by atoms with Gasteiger partial charge >= 0.3 is 0 Å². The van der Waals surface area contributed by atoms with E-state index in [4.69, 9.17) is 0 Å². The van der Waals surface area contributed by atoms with Crippen LogP contribution in [0.3, 0.4) is 0 Å². The lowest BCUT2D eigenvalue weighted by Gasteiger charge is -1.99. The van der Waals surface area contributed by atoms with Crippen LogP contribution in [-0.4, -0.2) is 4.98 Å². The van der Waals surface area contributed by atoms with E-state index >= 15 is 0 Å². The van der Waals surface area contributed by atoms with Gasteiger partial charge < -0.3 is 4.98 Å². The molecule has 0 saturated heterocycles. The number of rotatable bonds is 1. The van der Waals surface area contributed by atoms with Crippen LogP contribution >= 0.6 is 15.9 Å². The second-order valence-corrected chi connectivity index (χ2v) is 3.84. The topological polar surface area (TPSA) is 32.9 Å². The molecule has 0 fully saturated rings. The molecule has 0 radical (unpaired) electrons. The SMILES string of the molecule is O=c1cc[nH]cc1-c1ccc(Br)cc1. The van der Waals surface area contributed by atoms with Gasteiger partial charge in [0.1, 0.15) is 0 Å². The number of pyridine rings is 1. The second-order valence-electron chi connectivity index (χ2n) is 2.93. The Bertz CT molecular complexity index is 487. The standard InChI is InChI=1S/C11H8BrNO/c12-9-3-1-8(2-4-9)10-7-13-6-5-11(10)14/h1-7H,(H,13,14). The predicted molar refractivity (Wildman–Crippen MR) is 60.2 cm³/mol. The van der Waals surface area contributed by atoms with E-state index in [-0.39, 0.29) is 5.43 Å². The molecule has 0 atom stereocenters. The van der Waals surface area contributed by atoms with Gasteiger partial charge in [-0.2, -0.15) is 0 Å². The van der Waals surface area contributed by atoms with Gasteiger partial charge in [-0.1, -0.05) is 28.1 Å². The Kier molecular flexibility index (Phi) is 2.50. The lowest BCUT2D eigenvalue weighted by molar-refractivity contribution is 1.30. The van der Waals surface area contributed by atoms with E-state index in [0.29, 0.717) is 5.56 Å². The number of halogens is 1. The Morgan fingerprint density at radius 3 is 2.43 bits per heavy atom. The van der Waals surface area contributed by atoms with Crippen LogP contribution in [0.1, 0.15) is 0 Å². The van der Waals surface area contributed by atoms with Crippen LogP contribution in [0.15, 0.2) is 52.0 Å². The zero-order valence-corrected chi connectivity index (χ0v) is 8.91. The molecule has 0 aliphatic heterocycles. The summed E-state index contributed by atoms with van der Waals surface area (Å²) in [6, 6.07) is 9.18. The van der Waals surface area contributed by atoms with Crippen molar-refractivity contribution < 1.29 is 0 Å². The van der Waals surface area contributed by atoms with E-state index in [0.717, 1.165) is 10.0 Å². The average molecular weight is 250 g/mol. The minimum atomic E-state index is 0.0334. The van der Waals surface area contributed by atoms with Gasteiger partial charge in [0.15, 0.2) is 5.43 Å². The van der Waals surface area contributed by atoms with Crippen molar-refractivity contribution >= 4 is 15.9 Å². The summed E-state index contributed by atoms with van der Waals surface area (Å²) >= 11 is 3.35. The highest BCUT2D eigenvalue weighted by molar-refractivity contribution is 9.10. The molecule has 70 valence electrons. The van der Waals surface area contributed by atoms with Crippen molar-refractivity contribution in [2.45, 2.75) is 0 Å². The Morgan fingerprint density at radius 2 is 1.79 bits per heavy atom. The molecule has 0 saturated carbocycles. The van der Waals surface area contributed by atoms with Gasteiger partial charge in [0.05, 0.1) is 0 Å². The highest BCUT2D eigenvalue weighted by atomic mass is 79.9. The molecule has 2 rings (SSSR count). The number of nitrogens with one attached hydrogen (secondary N) is 1. The summed E-state index contributed by atoms with van der Waals surface area (Å²) in [6.07, 6.45) is 3.34. The monoisotopic (exact) mass is 249 g/mol. The van der Waals surface area contributed by atoms with Crippen LogP contribution in [0.4, 0.5) is 0 Å². The molecule has 0 aliphatic carbocycles. The molecule has 1 heterocycles. The molecule has 1 N–H and O–H groups in total. The molecule has 0 aliphatic rings. The van der Waals surface area contributed by atoms with Crippen molar-refractivity contribution in [2.75, 3.05) is 0 Å². The van der Waals surface area contributed by atoms with Crippen LogP contribution in [0, 0.1) is 0 Å². The smallest absolute Gasteiger partial charge is 0.189 e. The van der Waals surface area contributed by atoms with E-state index in [1.807, 2.05) is 24.3 Å². The molecule has 14 heavy (non-hydrogen) atoms. The third-order valence-corrected chi connectivity index (χ3v) is 2.51. The number of aromatic amines is 1. The molecule has 3 heteroatoms. The summed E-state index contributed by atoms with van der Waals surface area (Å²) < 4.78 is 1.01. The summed E-state index contributed by atoms with van der Waals surface area (Å²) in [4.78, 5) is 14.4. The van der Waals surface area contributed by atoms with E-state index in [1.54, 1.807) is 12.4 Å². The molecule has 0 unspecified atom stereocenters. The predicted octanol–water partition coefficient (Wildman–Crippen LogP) is 2.80. The maximum absolute atomic E-state index is 11.5. The average Bonchev–Trinajstić information content (AvgIpc) is 2.20. The van der Waals surface area contributed by atoms with Crippen LogP contribution in [0.2, 0.25) is 0 Å². The molecular weight excluding hydrogens is 242 g/mol. The highest BCUT2D eigenvalue weighted by Gasteiger charge is 2.00. The van der Waals surface area contributed by atoms with Gasteiger partial charge in [0, 0.05) is 28.5 Å². The van der Waals surface area contributed by atoms with Gasteiger partial charge in [-0.05, 0) is 17.7 Å². The Labute approximate surface area is 89.7 Å². The van der Waals surface area contributed by atoms with E-state index < -0.39 is 0 Å². The molecular formula is C11H8BrNO. The molecule has 2 nitrogen and oxygen atoms in total. The number of hydrogen-bond acceptors (Lipinski definition) is 1. The van der Waals surface area contributed by atoms with Crippen molar-refractivity contribution in [3.63, 3.8) is 0 Å². The largest absolute Gasteiger partial charge is 0.367 e. The van der Waals surface area contributed by atoms with Gasteiger partial charge in [0.25, 0.3) is 0 Å². The van der Waals surface area contributed by atoms with Gasteiger partial charge in [-0.25, -0.2) is 0 Å². The number of aromatic nitrogens is 1. The quantitative estimate of drug-likeness (QED) is 0.829. The first kappa shape index (κ1) is 9.21. The van der Waals surface area contributed by atoms with Crippen molar-refractivity contribution in [1.82, 2.24) is 4.98 Å². The fourth-order valence-electron chi connectivity index (χ4n) is 1.27. The van der Waals surface area contributed by atoms with Gasteiger partial charge in [-0.15, -0.1) is 0 Å². The summed E-state index contributed by atoms with van der Waals surface area (Å²) in [5.74, 6) is 0. The van der Waals surface area contributed by atoms with Crippen molar-refractivity contribution in [3.05, 3.63) is 57.4 Å². The first-order valence-corrected chi connectivity index (χ1v) is 5.00. The van der Waals surface area contributed by atoms with E-state index in [2.05, 4.69) is 20.9 Å². The highest BCUT2D eigenvalue weighted by Crippen LogP contribution is 2.17. The zero-order valence-electron chi connectivity index (χ0n) is 7.33. The first-order chi connectivity index (χ1) is 6.77. The normalized spacial score (nSPS) is 10.1. The van der Waals surface area contributed by atoms with Crippen LogP contribution in [0.25, 0.3) is 11.1 Å². The Balaban J connectivity index is 2.56. The van der Waals surface area contributed by atoms with Crippen molar-refractivity contribution in [3.8, 4) is 11.1 Å². The molecule has 0 spiro atoms. The van der Waals surface area contributed by atoms with E-state index in [1.165, 1.54) is 6.07 Å². The van der Waals surface area contributed by atoms with Crippen molar-refractivity contribution in [2.24, 2.45) is 0 Å². The van der Waals surface area contributed by atoms with Crippen molar-refractivity contribution in [1.29, 1.82) is 0 Å². The first-order valence-electron chi connectivity index (χ1n) is 4.20. The third kappa shape index (κ3) is 1.77. The van der Waals surface area contributed by atoms with Gasteiger partial charge in [-0.3, -0.25) is 4.79 Å². The molecule has 2 aromatic rings. The lowest BCUT2D eigenvalue weighted by atomic mass is 10.1. The number of hydrogen-bond donors (Lipinski definition) is 1. The number of benzene rings is 1. The zero-order chi connectivity index (χ0) is 9.97. The maximum atomic E-state index is 11.5. The lowest BCUT2D eigenvalue weighted by Crippen LogP contribution is -2.02. The maximum Gasteiger partial charge on any atom is 0.189 e. The Hall–Kier alpha value is -1.35. The Morgan fingerprint density at radius 1 is 1.07 bits per heavy atom. The van der Waals surface area contributed by atoms with E-state index in [9.17, 15) is 4.79 Å². The third-order valence-electron chi connectivity index (χ3n) is 1.98. The summed E-state index contributed by atoms with van der Waals surface area (Å²) in [5, 5.41) is 0. The molecule has 0 amide bonds. The summed E-state index contributed by atoms with van der Waals surface area (Å²) in [6.45, 7) is 0. The van der Waals surface area contributed by atoms with Gasteiger partial charge in [0.2, 0.25) is 0 Å². The minimum Gasteiger partial charge on any atom is -0.367 e. The van der Waals surface area contributed by atoms with Crippen LogP contribution in [-0.2, 0) is 0 Å². The fourth-order valence-corrected chi connectivity index (χ4v) is 1.54. The molecule has 1 aromatic heterocycles. The summed E-state index contributed by atoms with van der Waals surface area (Å²) in [5.41, 5.74) is 1.65. The number of H-pyrrole nitrogens is 1. The molecule has 1 aromatic carbocycles. The second kappa shape index (κ2) is 3.80.